The molecule has 1 aliphatic carbocycles. The van der Waals surface area contributed by atoms with Crippen molar-refractivity contribution in [1.29, 1.82) is 0 Å². The fourth-order valence-corrected chi connectivity index (χ4v) is 4.42. The van der Waals surface area contributed by atoms with Gasteiger partial charge in [0.15, 0.2) is 5.17 Å². The van der Waals surface area contributed by atoms with Gasteiger partial charge in [-0.2, -0.15) is 0 Å². The van der Waals surface area contributed by atoms with Crippen LogP contribution in [0.15, 0.2) is 53.5 Å². The zero-order valence-corrected chi connectivity index (χ0v) is 17.0. The predicted molar refractivity (Wildman–Crippen MR) is 114 cm³/mol. The largest absolute Gasteiger partial charge is 0.326 e. The summed E-state index contributed by atoms with van der Waals surface area (Å²) in [7, 11) is 0. The van der Waals surface area contributed by atoms with E-state index in [0.717, 1.165) is 24.1 Å². The van der Waals surface area contributed by atoms with Crippen LogP contribution in [0.1, 0.15) is 24.8 Å². The number of nitrogens with one attached hydrogen (secondary N) is 1. The van der Waals surface area contributed by atoms with Gasteiger partial charge in [0.05, 0.1) is 5.69 Å². The molecule has 5 nitrogen and oxygen atoms in total. The number of carbonyl (C=O) groups excluding carboxylic acids is 2. The van der Waals surface area contributed by atoms with Crippen LogP contribution < -0.4 is 5.32 Å². The number of halogens is 1. The minimum absolute atomic E-state index is 0.0230. The van der Waals surface area contributed by atoms with E-state index in [1.165, 1.54) is 11.8 Å². The summed E-state index contributed by atoms with van der Waals surface area (Å²) in [6, 6.07) is 15.0. The quantitative estimate of drug-likeness (QED) is 0.767. The molecule has 1 aliphatic heterocycles. The van der Waals surface area contributed by atoms with E-state index in [2.05, 4.69) is 5.32 Å². The first-order valence-electron chi connectivity index (χ1n) is 9.20. The lowest BCUT2D eigenvalue weighted by molar-refractivity contribution is -0.128. The van der Waals surface area contributed by atoms with Gasteiger partial charge in [0.25, 0.3) is 0 Å². The highest BCUT2D eigenvalue weighted by atomic mass is 35.5. The highest BCUT2D eigenvalue weighted by Crippen LogP contribution is 2.39. The lowest BCUT2D eigenvalue weighted by Crippen LogP contribution is -2.35. The van der Waals surface area contributed by atoms with Crippen LogP contribution in [0.4, 0.5) is 11.4 Å². The van der Waals surface area contributed by atoms with Gasteiger partial charge >= 0.3 is 0 Å². The summed E-state index contributed by atoms with van der Waals surface area (Å²) < 4.78 is 0. The number of rotatable bonds is 5. The van der Waals surface area contributed by atoms with Crippen LogP contribution in [-0.4, -0.2) is 33.2 Å². The van der Waals surface area contributed by atoms with Crippen molar-refractivity contribution in [3.05, 3.63) is 59.1 Å². The summed E-state index contributed by atoms with van der Waals surface area (Å²) in [5.74, 6) is -0.217. The Morgan fingerprint density at radius 2 is 2.00 bits per heavy atom. The van der Waals surface area contributed by atoms with Crippen LogP contribution in [0.3, 0.4) is 0 Å². The van der Waals surface area contributed by atoms with Gasteiger partial charge in [0, 0.05) is 23.2 Å². The van der Waals surface area contributed by atoms with Crippen molar-refractivity contribution in [1.82, 2.24) is 4.90 Å². The number of benzene rings is 2. The molecule has 1 heterocycles. The average Bonchev–Trinajstić information content (AvgIpc) is 3.43. The molecule has 1 N–H and O–H groups in total. The van der Waals surface area contributed by atoms with Crippen LogP contribution in [0.25, 0.3) is 0 Å². The first kappa shape index (κ1) is 19.0. The van der Waals surface area contributed by atoms with Crippen LogP contribution in [0, 0.1) is 6.92 Å². The Bertz CT molecular complexity index is 941. The summed E-state index contributed by atoms with van der Waals surface area (Å²) >= 11 is 7.25. The molecule has 7 heteroatoms. The van der Waals surface area contributed by atoms with Crippen molar-refractivity contribution in [2.45, 2.75) is 37.5 Å². The molecule has 1 unspecified atom stereocenters. The monoisotopic (exact) mass is 413 g/mol. The van der Waals surface area contributed by atoms with Gasteiger partial charge in [-0.1, -0.05) is 35.5 Å². The summed E-state index contributed by atoms with van der Waals surface area (Å²) in [4.78, 5) is 31.8. The second kappa shape index (κ2) is 7.97. The molecule has 1 saturated heterocycles. The fraction of sp³-hybridized carbons (Fsp3) is 0.286. The third-order valence-electron chi connectivity index (χ3n) is 4.60. The van der Waals surface area contributed by atoms with Crippen molar-refractivity contribution in [3.63, 3.8) is 0 Å². The Balaban J connectivity index is 1.48. The molecule has 2 aromatic rings. The maximum Gasteiger partial charge on any atom is 0.242 e. The standard InChI is InChI=1S/C21H20ClN3O2S/c1-13-3-2-4-16(11-13)24-21-25(17-9-10-17)20(27)18(28-21)12-19(26)23-15-7-5-14(22)6-8-15/h2-8,11,17-18H,9-10,12H2,1H3,(H,23,26). The second-order valence-electron chi connectivity index (χ2n) is 7.04. The fourth-order valence-electron chi connectivity index (χ4n) is 3.08. The Kier molecular flexibility index (Phi) is 5.42. The number of aliphatic imine (C=N–C) groups is 1. The molecule has 2 fully saturated rings. The topological polar surface area (TPSA) is 61.8 Å². The number of nitrogens with zero attached hydrogens (tertiary/aromatic N) is 2. The third-order valence-corrected chi connectivity index (χ3v) is 6.01. The number of amidine groups is 1. The number of carbonyl (C=O) groups is 2. The smallest absolute Gasteiger partial charge is 0.242 e. The van der Waals surface area contributed by atoms with E-state index in [0.29, 0.717) is 15.9 Å². The SMILES string of the molecule is Cc1cccc(N=C2SC(CC(=O)Nc3ccc(Cl)cc3)C(=O)N2C2CC2)c1. The Morgan fingerprint density at radius 3 is 2.68 bits per heavy atom. The van der Waals surface area contributed by atoms with E-state index in [1.807, 2.05) is 31.2 Å². The molecule has 2 aromatic carbocycles. The molecule has 0 aromatic heterocycles. The molecule has 2 aliphatic rings. The molecule has 1 atom stereocenters. The Labute approximate surface area is 173 Å². The maximum absolute atomic E-state index is 12.9. The molecule has 144 valence electrons. The van der Waals surface area contributed by atoms with Gasteiger partial charge in [0.2, 0.25) is 11.8 Å². The summed E-state index contributed by atoms with van der Waals surface area (Å²) in [6.45, 7) is 2.01. The lowest BCUT2D eigenvalue weighted by atomic mass is 10.2. The number of hydrogen-bond acceptors (Lipinski definition) is 4. The van der Waals surface area contributed by atoms with Gasteiger partial charge in [-0.3, -0.25) is 14.5 Å². The highest BCUT2D eigenvalue weighted by Gasteiger charge is 2.46. The van der Waals surface area contributed by atoms with E-state index in [-0.39, 0.29) is 24.3 Å². The lowest BCUT2D eigenvalue weighted by Gasteiger charge is -2.15. The first-order chi connectivity index (χ1) is 13.5. The highest BCUT2D eigenvalue weighted by molar-refractivity contribution is 8.15. The number of amides is 2. The summed E-state index contributed by atoms with van der Waals surface area (Å²) in [5.41, 5.74) is 2.61. The molecular formula is C21H20ClN3O2S. The summed E-state index contributed by atoms with van der Waals surface area (Å²) in [5, 5.41) is 3.68. The number of anilines is 1. The molecule has 0 radical (unpaired) electrons. The van der Waals surface area contributed by atoms with Gasteiger partial charge in [-0.25, -0.2) is 4.99 Å². The molecule has 28 heavy (non-hydrogen) atoms. The van der Waals surface area contributed by atoms with Crippen LogP contribution >= 0.6 is 23.4 Å². The molecular weight excluding hydrogens is 394 g/mol. The molecule has 1 saturated carbocycles. The predicted octanol–water partition coefficient (Wildman–Crippen LogP) is 4.77. The van der Waals surface area contributed by atoms with E-state index in [1.54, 1.807) is 29.2 Å². The van der Waals surface area contributed by atoms with Gasteiger partial charge in [-0.15, -0.1) is 0 Å². The zero-order valence-electron chi connectivity index (χ0n) is 15.4. The van der Waals surface area contributed by atoms with Crippen molar-refractivity contribution >= 4 is 51.7 Å². The zero-order chi connectivity index (χ0) is 19.7. The second-order valence-corrected chi connectivity index (χ2v) is 8.64. The van der Waals surface area contributed by atoms with Gasteiger partial charge in [-0.05, 0) is 61.7 Å². The Morgan fingerprint density at radius 1 is 1.25 bits per heavy atom. The minimum atomic E-state index is -0.448. The van der Waals surface area contributed by atoms with E-state index >= 15 is 0 Å². The molecule has 2 amide bonds. The van der Waals surface area contributed by atoms with E-state index in [9.17, 15) is 9.59 Å². The first-order valence-corrected chi connectivity index (χ1v) is 10.5. The van der Waals surface area contributed by atoms with Gasteiger partial charge < -0.3 is 5.32 Å². The number of aryl methyl sites for hydroxylation is 1. The van der Waals surface area contributed by atoms with Crippen molar-refractivity contribution in [2.24, 2.45) is 4.99 Å². The Hall–Kier alpha value is -2.31. The number of hydrogen-bond donors (Lipinski definition) is 1. The molecule has 4 rings (SSSR count). The van der Waals surface area contributed by atoms with Crippen molar-refractivity contribution < 1.29 is 9.59 Å². The third kappa shape index (κ3) is 4.39. The van der Waals surface area contributed by atoms with Crippen LogP contribution in [0.2, 0.25) is 5.02 Å². The van der Waals surface area contributed by atoms with Crippen molar-refractivity contribution in [3.8, 4) is 0 Å². The van der Waals surface area contributed by atoms with E-state index in [4.69, 9.17) is 16.6 Å². The average molecular weight is 414 g/mol. The summed E-state index contributed by atoms with van der Waals surface area (Å²) in [6.07, 6.45) is 2.09. The van der Waals surface area contributed by atoms with Gasteiger partial charge in [0.1, 0.15) is 5.25 Å². The maximum atomic E-state index is 12.9. The van der Waals surface area contributed by atoms with Crippen molar-refractivity contribution in [2.75, 3.05) is 5.32 Å². The normalized spacial score (nSPS) is 20.6. The van der Waals surface area contributed by atoms with E-state index < -0.39 is 5.25 Å². The van der Waals surface area contributed by atoms with Crippen LogP contribution in [0.5, 0.6) is 0 Å². The molecule has 0 bridgehead atoms. The minimum Gasteiger partial charge on any atom is -0.326 e. The van der Waals surface area contributed by atoms with Crippen LogP contribution in [-0.2, 0) is 9.59 Å². The molecule has 0 spiro atoms. The number of thioether (sulfide) groups is 1.